The maximum absolute atomic E-state index is 13.4. The van der Waals surface area contributed by atoms with Crippen LogP contribution in [0.3, 0.4) is 0 Å². The summed E-state index contributed by atoms with van der Waals surface area (Å²) in [6.45, 7) is 7.60. The number of primary amides is 1. The van der Waals surface area contributed by atoms with E-state index in [2.05, 4.69) is 36.4 Å². The number of fused-ring (bicyclic) bond motifs is 1. The minimum Gasteiger partial charge on any atom is -0.457 e. The van der Waals surface area contributed by atoms with E-state index in [4.69, 9.17) is 20.3 Å². The molecular formula is C35H37N7O5. The van der Waals surface area contributed by atoms with Crippen LogP contribution in [-0.4, -0.2) is 52.9 Å². The van der Waals surface area contributed by atoms with Gasteiger partial charge in [-0.25, -0.2) is 14.5 Å². The summed E-state index contributed by atoms with van der Waals surface area (Å²) in [4.78, 5) is 43.0. The van der Waals surface area contributed by atoms with E-state index in [-0.39, 0.29) is 24.4 Å². The van der Waals surface area contributed by atoms with Crippen LogP contribution in [0.2, 0.25) is 0 Å². The summed E-state index contributed by atoms with van der Waals surface area (Å²) in [6, 6.07) is 23.5. The van der Waals surface area contributed by atoms with Crippen molar-refractivity contribution in [1.82, 2.24) is 14.8 Å². The highest BCUT2D eigenvalue weighted by molar-refractivity contribution is 6.07. The fourth-order valence-electron chi connectivity index (χ4n) is 4.85. The van der Waals surface area contributed by atoms with Gasteiger partial charge >= 0.3 is 6.03 Å². The van der Waals surface area contributed by atoms with Gasteiger partial charge in [-0.2, -0.15) is 5.10 Å². The van der Waals surface area contributed by atoms with Crippen molar-refractivity contribution in [2.24, 2.45) is 5.73 Å². The van der Waals surface area contributed by atoms with Crippen LogP contribution in [0.4, 0.5) is 22.1 Å². The van der Waals surface area contributed by atoms with E-state index in [1.54, 1.807) is 22.9 Å². The SMILES string of the molecule is COCC(=O)N(CC(N)=O)c1cc(Oc2ccc(NC(=O)Nc3cc(C(C)(C)C)nn3-c3ccc(C)cc3)c3ccccc23)ccn1. The molecule has 12 heteroatoms. The standard InChI is InChI=1S/C35H37N7O5/c1-22-10-12-23(13-11-22)42-32(19-29(40-42)35(2,3)4)39-34(45)38-27-14-15-28(26-9-7-6-8-25(26)27)47-24-16-17-37-31(18-24)41(20-30(36)43)33(44)21-46-5/h6-19H,20-21H2,1-5H3,(H2,36,43)(H2,38,39,45). The Morgan fingerprint density at radius 3 is 2.34 bits per heavy atom. The predicted octanol–water partition coefficient (Wildman–Crippen LogP) is 5.93. The monoisotopic (exact) mass is 635 g/mol. The number of nitrogens with one attached hydrogen (secondary N) is 2. The highest BCUT2D eigenvalue weighted by Gasteiger charge is 2.23. The Morgan fingerprint density at radius 2 is 1.66 bits per heavy atom. The summed E-state index contributed by atoms with van der Waals surface area (Å²) >= 11 is 0. The third kappa shape index (κ3) is 7.74. The lowest BCUT2D eigenvalue weighted by Gasteiger charge is -2.20. The Kier molecular flexibility index (Phi) is 9.52. The number of carbonyl (C=O) groups is 3. The Balaban J connectivity index is 1.40. The number of aryl methyl sites for hydroxylation is 1. The van der Waals surface area contributed by atoms with Crippen LogP contribution in [0.5, 0.6) is 11.5 Å². The third-order valence-corrected chi connectivity index (χ3v) is 7.23. The molecule has 3 aromatic carbocycles. The molecule has 0 fully saturated rings. The molecule has 0 spiro atoms. The number of pyridine rings is 1. The van der Waals surface area contributed by atoms with Gasteiger partial charge in [0.15, 0.2) is 0 Å². The fraction of sp³-hybridized carbons (Fsp3) is 0.229. The van der Waals surface area contributed by atoms with Crippen molar-refractivity contribution in [3.05, 3.63) is 96.3 Å². The number of urea groups is 1. The molecule has 4 amide bonds. The zero-order valence-electron chi connectivity index (χ0n) is 26.9. The summed E-state index contributed by atoms with van der Waals surface area (Å²) in [6.07, 6.45) is 1.47. The van der Waals surface area contributed by atoms with E-state index in [1.165, 1.54) is 19.4 Å². The summed E-state index contributed by atoms with van der Waals surface area (Å²) in [5, 5.41) is 12.2. The first-order valence-corrected chi connectivity index (χ1v) is 14.9. The maximum Gasteiger partial charge on any atom is 0.324 e. The molecule has 0 aliphatic heterocycles. The van der Waals surface area contributed by atoms with Gasteiger partial charge in [0.2, 0.25) is 5.91 Å². The summed E-state index contributed by atoms with van der Waals surface area (Å²) < 4.78 is 12.9. The number of methoxy groups -OCH3 is 1. The molecule has 0 saturated carbocycles. The minimum atomic E-state index is -0.699. The van der Waals surface area contributed by atoms with Gasteiger partial charge in [0.05, 0.1) is 17.1 Å². The molecule has 4 N–H and O–H groups in total. The van der Waals surface area contributed by atoms with Crippen LogP contribution in [0.1, 0.15) is 32.0 Å². The molecule has 0 radical (unpaired) electrons. The third-order valence-electron chi connectivity index (χ3n) is 7.23. The fourth-order valence-corrected chi connectivity index (χ4v) is 4.85. The second-order valence-corrected chi connectivity index (χ2v) is 12.0. The number of aromatic nitrogens is 3. The van der Waals surface area contributed by atoms with Gasteiger partial charge in [-0.15, -0.1) is 0 Å². The van der Waals surface area contributed by atoms with Crippen LogP contribution in [0, 0.1) is 6.92 Å². The van der Waals surface area contributed by atoms with E-state index in [1.807, 2.05) is 61.5 Å². The first-order valence-electron chi connectivity index (χ1n) is 14.9. The molecule has 47 heavy (non-hydrogen) atoms. The average molecular weight is 636 g/mol. The summed E-state index contributed by atoms with van der Waals surface area (Å²) in [7, 11) is 1.38. The second-order valence-electron chi connectivity index (χ2n) is 12.0. The Hall–Kier alpha value is -5.75. The molecule has 12 nitrogen and oxygen atoms in total. The highest BCUT2D eigenvalue weighted by Crippen LogP contribution is 2.35. The predicted molar refractivity (Wildman–Crippen MR) is 181 cm³/mol. The highest BCUT2D eigenvalue weighted by atomic mass is 16.5. The van der Waals surface area contributed by atoms with Crippen molar-refractivity contribution < 1.29 is 23.9 Å². The second kappa shape index (κ2) is 13.7. The van der Waals surface area contributed by atoms with Crippen molar-refractivity contribution in [1.29, 1.82) is 0 Å². The number of rotatable bonds is 10. The van der Waals surface area contributed by atoms with Crippen molar-refractivity contribution in [3.63, 3.8) is 0 Å². The number of amides is 4. The molecule has 242 valence electrons. The Labute approximate surface area is 272 Å². The molecule has 0 unspecified atom stereocenters. The molecule has 5 aromatic rings. The first kappa shape index (κ1) is 32.6. The lowest BCUT2D eigenvalue weighted by Crippen LogP contribution is -2.40. The number of carbonyl (C=O) groups excluding carboxylic acids is 3. The van der Waals surface area contributed by atoms with Crippen LogP contribution in [0.15, 0.2) is 85.1 Å². The van der Waals surface area contributed by atoms with Gasteiger partial charge in [0, 0.05) is 41.6 Å². The zero-order valence-corrected chi connectivity index (χ0v) is 26.9. The molecule has 0 aliphatic carbocycles. The van der Waals surface area contributed by atoms with Gasteiger partial charge in [-0.3, -0.25) is 19.8 Å². The number of benzene rings is 3. The topological polar surface area (TPSA) is 154 Å². The lowest BCUT2D eigenvalue weighted by molar-refractivity contribution is -0.124. The normalized spacial score (nSPS) is 11.3. The van der Waals surface area contributed by atoms with Crippen LogP contribution >= 0.6 is 0 Å². The molecule has 5 rings (SSSR count). The number of hydrogen-bond donors (Lipinski definition) is 3. The van der Waals surface area contributed by atoms with Gasteiger partial charge in [0.25, 0.3) is 5.91 Å². The molecular weight excluding hydrogens is 598 g/mol. The van der Waals surface area contributed by atoms with Crippen molar-refractivity contribution in [3.8, 4) is 17.2 Å². The first-order chi connectivity index (χ1) is 22.4. The number of ether oxygens (including phenoxy) is 2. The van der Waals surface area contributed by atoms with E-state index < -0.39 is 17.8 Å². The number of hydrogen-bond acceptors (Lipinski definition) is 7. The van der Waals surface area contributed by atoms with Gasteiger partial charge < -0.3 is 20.5 Å². The van der Waals surface area contributed by atoms with Gasteiger partial charge in [-0.1, -0.05) is 62.7 Å². The zero-order chi connectivity index (χ0) is 33.7. The molecule has 0 saturated heterocycles. The van der Waals surface area contributed by atoms with Gasteiger partial charge in [0.1, 0.15) is 36.3 Å². The Bertz CT molecular complexity index is 1930. The minimum absolute atomic E-state index is 0.183. The van der Waals surface area contributed by atoms with E-state index in [0.29, 0.717) is 23.0 Å². The molecule has 0 bridgehead atoms. The van der Waals surface area contributed by atoms with Crippen LogP contribution < -0.4 is 26.0 Å². The summed E-state index contributed by atoms with van der Waals surface area (Å²) in [5.74, 6) is 0.407. The molecule has 2 heterocycles. The van der Waals surface area contributed by atoms with E-state index in [9.17, 15) is 14.4 Å². The van der Waals surface area contributed by atoms with E-state index in [0.717, 1.165) is 32.6 Å². The lowest BCUT2D eigenvalue weighted by atomic mass is 9.92. The summed E-state index contributed by atoms with van der Waals surface area (Å²) in [5.41, 5.74) is 8.48. The maximum atomic E-state index is 13.4. The number of anilines is 3. The molecule has 0 aliphatic rings. The van der Waals surface area contributed by atoms with Gasteiger partial charge in [-0.05, 0) is 37.3 Å². The molecule has 0 atom stereocenters. The van der Waals surface area contributed by atoms with Crippen molar-refractivity contribution in [2.45, 2.75) is 33.1 Å². The number of nitrogens with zero attached hydrogens (tertiary/aromatic N) is 4. The Morgan fingerprint density at radius 1 is 0.936 bits per heavy atom. The number of nitrogens with two attached hydrogens (primary N) is 1. The van der Waals surface area contributed by atoms with Crippen molar-refractivity contribution >= 4 is 45.9 Å². The molecule has 2 aromatic heterocycles. The van der Waals surface area contributed by atoms with E-state index >= 15 is 0 Å². The van der Waals surface area contributed by atoms with Crippen molar-refractivity contribution in [2.75, 3.05) is 35.8 Å². The largest absolute Gasteiger partial charge is 0.457 e. The average Bonchev–Trinajstić information content (AvgIpc) is 3.46. The quantitative estimate of drug-likeness (QED) is 0.172. The smallest absolute Gasteiger partial charge is 0.324 e. The van der Waals surface area contributed by atoms with Crippen LogP contribution in [-0.2, 0) is 19.7 Å². The van der Waals surface area contributed by atoms with Crippen LogP contribution in [0.25, 0.3) is 16.5 Å².